The van der Waals surface area contributed by atoms with Crippen LogP contribution in [0.4, 0.5) is 5.82 Å². The summed E-state index contributed by atoms with van der Waals surface area (Å²) in [7, 11) is 0. The van der Waals surface area contributed by atoms with E-state index in [2.05, 4.69) is 4.98 Å². The lowest BCUT2D eigenvalue weighted by atomic mass is 10.2. The molecule has 1 fully saturated rings. The first-order valence-electron chi connectivity index (χ1n) is 6.30. The molecule has 0 atom stereocenters. The van der Waals surface area contributed by atoms with Crippen LogP contribution in [-0.4, -0.2) is 36.1 Å². The van der Waals surface area contributed by atoms with Crippen molar-refractivity contribution in [3.63, 3.8) is 0 Å². The molecule has 0 aliphatic heterocycles. The molecule has 6 heteroatoms. The maximum atomic E-state index is 11.6. The monoisotopic (exact) mass is 263 g/mol. The zero-order valence-electron chi connectivity index (χ0n) is 10.8. The number of pyridine rings is 1. The Morgan fingerprint density at radius 3 is 2.84 bits per heavy atom. The van der Waals surface area contributed by atoms with E-state index in [1.807, 2.05) is 0 Å². The Labute approximate surface area is 111 Å². The van der Waals surface area contributed by atoms with Gasteiger partial charge in [-0.3, -0.25) is 9.59 Å². The second-order valence-corrected chi connectivity index (χ2v) is 4.40. The van der Waals surface area contributed by atoms with Gasteiger partial charge >= 0.3 is 5.97 Å². The van der Waals surface area contributed by atoms with Gasteiger partial charge in [0.25, 0.3) is 5.91 Å². The summed E-state index contributed by atoms with van der Waals surface area (Å²) in [5.74, 6) is -0.404. The SMILES string of the molecule is CCOC(=O)CN(c1ncccc1C(N)=O)C1CC1. The van der Waals surface area contributed by atoms with Crippen LogP contribution in [0.15, 0.2) is 18.3 Å². The molecule has 0 saturated heterocycles. The number of primary amides is 1. The number of hydrogen-bond donors (Lipinski definition) is 1. The number of carbonyl (C=O) groups is 2. The molecule has 0 spiro atoms. The van der Waals surface area contributed by atoms with Crippen LogP contribution in [0.2, 0.25) is 0 Å². The van der Waals surface area contributed by atoms with Gasteiger partial charge in [-0.05, 0) is 31.9 Å². The molecule has 0 bridgehead atoms. The number of carbonyl (C=O) groups excluding carboxylic acids is 2. The number of ether oxygens (including phenoxy) is 1. The smallest absolute Gasteiger partial charge is 0.325 e. The molecule has 2 N–H and O–H groups in total. The van der Waals surface area contributed by atoms with Gasteiger partial charge < -0.3 is 15.4 Å². The lowest BCUT2D eigenvalue weighted by Gasteiger charge is -2.23. The molecule has 102 valence electrons. The highest BCUT2D eigenvalue weighted by Gasteiger charge is 2.33. The summed E-state index contributed by atoms with van der Waals surface area (Å²) in [5.41, 5.74) is 5.67. The number of aromatic nitrogens is 1. The van der Waals surface area contributed by atoms with Crippen LogP contribution < -0.4 is 10.6 Å². The third-order valence-corrected chi connectivity index (χ3v) is 2.92. The highest BCUT2D eigenvalue weighted by molar-refractivity contribution is 5.98. The highest BCUT2D eigenvalue weighted by Crippen LogP contribution is 2.32. The fourth-order valence-electron chi connectivity index (χ4n) is 1.93. The third kappa shape index (κ3) is 3.21. The average molecular weight is 263 g/mol. The maximum absolute atomic E-state index is 11.6. The van der Waals surface area contributed by atoms with Crippen LogP contribution in [0.25, 0.3) is 0 Å². The topological polar surface area (TPSA) is 85.5 Å². The summed E-state index contributed by atoms with van der Waals surface area (Å²) < 4.78 is 4.95. The number of nitrogens with zero attached hydrogens (tertiary/aromatic N) is 2. The second kappa shape index (κ2) is 5.69. The number of nitrogens with two attached hydrogens (primary N) is 1. The molecule has 1 aliphatic carbocycles. The van der Waals surface area contributed by atoms with Crippen molar-refractivity contribution in [1.29, 1.82) is 0 Å². The van der Waals surface area contributed by atoms with Crippen molar-refractivity contribution in [2.45, 2.75) is 25.8 Å². The Morgan fingerprint density at radius 1 is 1.53 bits per heavy atom. The maximum Gasteiger partial charge on any atom is 0.325 e. The molecular weight excluding hydrogens is 246 g/mol. The van der Waals surface area contributed by atoms with E-state index in [1.165, 1.54) is 0 Å². The van der Waals surface area contributed by atoms with Crippen molar-refractivity contribution >= 4 is 17.7 Å². The summed E-state index contributed by atoms with van der Waals surface area (Å²) in [6.07, 6.45) is 3.55. The van der Waals surface area contributed by atoms with E-state index in [0.29, 0.717) is 18.0 Å². The molecule has 6 nitrogen and oxygen atoms in total. The molecule has 2 rings (SSSR count). The lowest BCUT2D eigenvalue weighted by molar-refractivity contribution is -0.141. The quantitative estimate of drug-likeness (QED) is 0.764. The molecule has 1 amide bonds. The predicted octanol–water partition coefficient (Wildman–Crippen LogP) is 0.712. The Morgan fingerprint density at radius 2 is 2.26 bits per heavy atom. The van der Waals surface area contributed by atoms with E-state index in [0.717, 1.165) is 12.8 Å². The first-order valence-corrected chi connectivity index (χ1v) is 6.30. The molecule has 1 aromatic heterocycles. The first-order chi connectivity index (χ1) is 9.13. The number of rotatable bonds is 6. The summed E-state index contributed by atoms with van der Waals surface area (Å²) in [5, 5.41) is 0. The van der Waals surface area contributed by atoms with E-state index in [1.54, 1.807) is 30.2 Å². The predicted molar refractivity (Wildman–Crippen MR) is 69.8 cm³/mol. The minimum atomic E-state index is -0.544. The van der Waals surface area contributed by atoms with Gasteiger partial charge in [-0.15, -0.1) is 0 Å². The lowest BCUT2D eigenvalue weighted by Crippen LogP contribution is -2.35. The van der Waals surface area contributed by atoms with Gasteiger partial charge in [0.15, 0.2) is 0 Å². The minimum absolute atomic E-state index is 0.0931. The van der Waals surface area contributed by atoms with E-state index < -0.39 is 5.91 Å². The minimum Gasteiger partial charge on any atom is -0.465 e. The summed E-state index contributed by atoms with van der Waals surface area (Å²) in [4.78, 5) is 29.0. The van der Waals surface area contributed by atoms with E-state index in [9.17, 15) is 9.59 Å². The largest absolute Gasteiger partial charge is 0.465 e. The second-order valence-electron chi connectivity index (χ2n) is 4.40. The van der Waals surface area contributed by atoms with Gasteiger partial charge in [0.2, 0.25) is 0 Å². The van der Waals surface area contributed by atoms with Crippen molar-refractivity contribution in [2.75, 3.05) is 18.1 Å². The van der Waals surface area contributed by atoms with Crippen molar-refractivity contribution in [3.8, 4) is 0 Å². The van der Waals surface area contributed by atoms with Crippen LogP contribution in [0.5, 0.6) is 0 Å². The van der Waals surface area contributed by atoms with Gasteiger partial charge in [0.05, 0.1) is 12.2 Å². The van der Waals surface area contributed by atoms with Crippen LogP contribution >= 0.6 is 0 Å². The molecule has 1 heterocycles. The van der Waals surface area contributed by atoms with E-state index >= 15 is 0 Å². The Hall–Kier alpha value is -2.11. The molecule has 0 radical (unpaired) electrons. The van der Waals surface area contributed by atoms with Crippen molar-refractivity contribution in [2.24, 2.45) is 5.73 Å². The fourth-order valence-corrected chi connectivity index (χ4v) is 1.93. The number of amides is 1. The van der Waals surface area contributed by atoms with E-state index in [4.69, 9.17) is 10.5 Å². The Bertz CT molecular complexity index is 486. The number of anilines is 1. The Kier molecular flexibility index (Phi) is 3.99. The van der Waals surface area contributed by atoms with Crippen molar-refractivity contribution < 1.29 is 14.3 Å². The van der Waals surface area contributed by atoms with Gasteiger partial charge in [-0.2, -0.15) is 0 Å². The number of esters is 1. The molecule has 0 unspecified atom stereocenters. The summed E-state index contributed by atoms with van der Waals surface area (Å²) >= 11 is 0. The normalized spacial score (nSPS) is 13.9. The summed E-state index contributed by atoms with van der Waals surface area (Å²) in [6, 6.07) is 3.50. The Balaban J connectivity index is 2.24. The zero-order chi connectivity index (χ0) is 13.8. The molecular formula is C13H17N3O3. The van der Waals surface area contributed by atoms with Gasteiger partial charge in [0.1, 0.15) is 12.4 Å². The van der Waals surface area contributed by atoms with Crippen molar-refractivity contribution in [1.82, 2.24) is 4.98 Å². The number of hydrogen-bond acceptors (Lipinski definition) is 5. The van der Waals surface area contributed by atoms with Crippen molar-refractivity contribution in [3.05, 3.63) is 23.9 Å². The summed E-state index contributed by atoms with van der Waals surface area (Å²) in [6.45, 7) is 2.19. The van der Waals surface area contributed by atoms with Gasteiger partial charge in [-0.25, -0.2) is 4.98 Å². The van der Waals surface area contributed by atoms with E-state index in [-0.39, 0.29) is 18.6 Å². The fraction of sp³-hybridized carbons (Fsp3) is 0.462. The highest BCUT2D eigenvalue weighted by atomic mass is 16.5. The molecule has 1 aliphatic rings. The van der Waals surface area contributed by atoms with Gasteiger partial charge in [-0.1, -0.05) is 0 Å². The molecule has 1 aromatic rings. The van der Waals surface area contributed by atoms with Crippen LogP contribution in [-0.2, 0) is 9.53 Å². The molecule has 0 aromatic carbocycles. The zero-order valence-corrected chi connectivity index (χ0v) is 10.8. The van der Waals surface area contributed by atoms with Crippen LogP contribution in [0, 0.1) is 0 Å². The average Bonchev–Trinajstić information content (AvgIpc) is 3.20. The van der Waals surface area contributed by atoms with Gasteiger partial charge in [0, 0.05) is 12.2 Å². The molecule has 1 saturated carbocycles. The van der Waals surface area contributed by atoms with Crippen LogP contribution in [0.1, 0.15) is 30.1 Å². The van der Waals surface area contributed by atoms with Crippen LogP contribution in [0.3, 0.4) is 0 Å². The third-order valence-electron chi connectivity index (χ3n) is 2.92. The molecule has 19 heavy (non-hydrogen) atoms. The standard InChI is InChI=1S/C13H17N3O3/c1-2-19-11(17)8-16(9-5-6-9)13-10(12(14)18)4-3-7-15-13/h3-4,7,9H,2,5-6,8H2,1H3,(H2,14,18). The first kappa shape index (κ1) is 13.3.